The van der Waals surface area contributed by atoms with Crippen molar-refractivity contribution in [3.05, 3.63) is 24.4 Å². The molecule has 0 N–H and O–H groups in total. The van der Waals surface area contributed by atoms with Gasteiger partial charge in [0.15, 0.2) is 0 Å². The van der Waals surface area contributed by atoms with Gasteiger partial charge in [-0.1, -0.05) is 52.8 Å². The molecule has 2 aliphatic heterocycles. The number of hydrogen-bond acceptors (Lipinski definition) is 1. The summed E-state index contributed by atoms with van der Waals surface area (Å²) >= 11 is 10.6. The summed E-state index contributed by atoms with van der Waals surface area (Å²) in [6.45, 7) is 17.4. The summed E-state index contributed by atoms with van der Waals surface area (Å²) in [5.74, 6) is 4.68. The monoisotopic (exact) mass is 371 g/mol. The topological polar surface area (TPSA) is 3.24 Å². The van der Waals surface area contributed by atoms with E-state index < -0.39 is 4.33 Å². The maximum atomic E-state index is 5.30. The highest BCUT2D eigenvalue weighted by Gasteiger charge is 2.38. The SMILES string of the molecule is C1=CCN2C=CCB2C1.CC(C)(Cl)Cl.CC1C(C)C(C)C(C)C1C. The van der Waals surface area contributed by atoms with E-state index in [9.17, 15) is 0 Å². The Morgan fingerprint density at radius 1 is 0.792 bits per heavy atom. The Morgan fingerprint density at radius 3 is 1.54 bits per heavy atom. The number of nitrogens with zero attached hydrogens (tertiary/aromatic N) is 1. The number of alkyl halides is 2. The quantitative estimate of drug-likeness (QED) is 0.258. The molecule has 0 aromatic carbocycles. The Balaban J connectivity index is 0.000000191. The van der Waals surface area contributed by atoms with Gasteiger partial charge in [0.05, 0.1) is 0 Å². The second-order valence-electron chi connectivity index (χ2n) is 8.30. The summed E-state index contributed by atoms with van der Waals surface area (Å²) < 4.78 is -0.556. The van der Waals surface area contributed by atoms with Gasteiger partial charge in [-0.3, -0.25) is 0 Å². The highest BCUT2D eigenvalue weighted by Crippen LogP contribution is 2.44. The zero-order chi connectivity index (χ0) is 18.5. The lowest BCUT2D eigenvalue weighted by Crippen LogP contribution is -2.32. The van der Waals surface area contributed by atoms with Crippen molar-refractivity contribution < 1.29 is 0 Å². The van der Waals surface area contributed by atoms with Gasteiger partial charge in [-0.15, -0.1) is 23.2 Å². The van der Waals surface area contributed by atoms with Crippen molar-refractivity contribution in [2.24, 2.45) is 29.6 Å². The van der Waals surface area contributed by atoms with Gasteiger partial charge in [-0.25, -0.2) is 0 Å². The van der Waals surface area contributed by atoms with Crippen LogP contribution in [-0.4, -0.2) is 22.5 Å². The molecule has 1 saturated carbocycles. The summed E-state index contributed by atoms with van der Waals surface area (Å²) in [5, 5.41) is 0. The van der Waals surface area contributed by atoms with Crippen molar-refractivity contribution in [2.75, 3.05) is 6.54 Å². The lowest BCUT2D eigenvalue weighted by Gasteiger charge is -2.23. The number of allylic oxidation sites excluding steroid dienone is 2. The summed E-state index contributed by atoms with van der Waals surface area (Å²) in [6, 6.07) is 0. The maximum Gasteiger partial charge on any atom is 0.261 e. The van der Waals surface area contributed by atoms with Gasteiger partial charge in [-0.05, 0) is 62.3 Å². The molecule has 3 aliphatic rings. The first-order valence-electron chi connectivity index (χ1n) is 9.47. The summed E-state index contributed by atoms with van der Waals surface area (Å²) in [7, 11) is 0. The zero-order valence-electron chi connectivity index (χ0n) is 16.6. The minimum absolute atomic E-state index is 0.556. The van der Waals surface area contributed by atoms with Crippen molar-refractivity contribution in [2.45, 2.75) is 65.4 Å². The van der Waals surface area contributed by atoms with Crippen LogP contribution in [0.1, 0.15) is 48.5 Å². The molecular weight excluding hydrogens is 336 g/mol. The standard InChI is InChI=1S/C10H20.C7H10BN.C3H6Cl2/c1-6-7(2)9(4)10(5)8(6)3;1-2-6-9-7-3-5-8(9)4-1;1-3(2,4)5/h6-10H,1-5H3;1-3,7H,4-6H2;1-2H3. The molecule has 0 aromatic heterocycles. The molecule has 1 fully saturated rings. The Bertz CT molecular complexity index is 379. The molecule has 1 aliphatic carbocycles. The van der Waals surface area contributed by atoms with Crippen LogP contribution in [0.25, 0.3) is 0 Å². The molecular formula is C20H36BCl2N. The fourth-order valence-electron chi connectivity index (χ4n) is 3.90. The molecule has 24 heavy (non-hydrogen) atoms. The van der Waals surface area contributed by atoms with Gasteiger partial charge in [0, 0.05) is 6.54 Å². The molecule has 0 radical (unpaired) electrons. The second-order valence-corrected chi connectivity index (χ2v) is 10.4. The predicted octanol–water partition coefficient (Wildman–Crippen LogP) is 6.76. The van der Waals surface area contributed by atoms with E-state index in [4.69, 9.17) is 23.2 Å². The van der Waals surface area contributed by atoms with Crippen LogP contribution in [0.4, 0.5) is 0 Å². The Kier molecular flexibility index (Phi) is 8.76. The molecule has 0 aromatic rings. The third-order valence-electron chi connectivity index (χ3n) is 6.21. The van der Waals surface area contributed by atoms with Gasteiger partial charge in [0.2, 0.25) is 0 Å². The van der Waals surface area contributed by atoms with Crippen LogP contribution in [0.5, 0.6) is 0 Å². The molecule has 3 rings (SSSR count). The van der Waals surface area contributed by atoms with Crippen molar-refractivity contribution in [1.82, 2.24) is 4.81 Å². The fraction of sp³-hybridized carbons (Fsp3) is 0.800. The van der Waals surface area contributed by atoms with Crippen molar-refractivity contribution >= 4 is 30.0 Å². The molecule has 1 nitrogen and oxygen atoms in total. The van der Waals surface area contributed by atoms with Crippen LogP contribution in [0.15, 0.2) is 24.4 Å². The lowest BCUT2D eigenvalue weighted by atomic mass is 9.55. The number of hydrogen-bond donors (Lipinski definition) is 0. The van der Waals surface area contributed by atoms with Crippen LogP contribution >= 0.6 is 23.2 Å². The van der Waals surface area contributed by atoms with Gasteiger partial charge in [0.25, 0.3) is 6.85 Å². The molecule has 2 heterocycles. The Morgan fingerprint density at radius 2 is 1.17 bits per heavy atom. The van der Waals surface area contributed by atoms with E-state index in [1.54, 1.807) is 13.8 Å². The molecule has 4 heteroatoms. The Hall–Kier alpha value is -0.0751. The maximum absolute atomic E-state index is 5.30. The van der Waals surface area contributed by atoms with Crippen LogP contribution in [0.3, 0.4) is 0 Å². The van der Waals surface area contributed by atoms with Gasteiger partial charge < -0.3 is 4.81 Å². The lowest BCUT2D eigenvalue weighted by molar-refractivity contribution is 0.352. The molecule has 0 bridgehead atoms. The van der Waals surface area contributed by atoms with Crippen LogP contribution in [0.2, 0.25) is 12.6 Å². The number of fused-ring (bicyclic) bond motifs is 1. The number of halogens is 2. The zero-order valence-corrected chi connectivity index (χ0v) is 18.1. The van der Waals surface area contributed by atoms with E-state index >= 15 is 0 Å². The Labute approximate surface area is 160 Å². The third-order valence-corrected chi connectivity index (χ3v) is 6.21. The van der Waals surface area contributed by atoms with Crippen LogP contribution in [0, 0.1) is 29.6 Å². The minimum atomic E-state index is -0.556. The second kappa shape index (κ2) is 9.58. The molecule has 0 atom stereocenters. The highest BCUT2D eigenvalue weighted by atomic mass is 35.5. The van der Waals surface area contributed by atoms with Crippen LogP contribution < -0.4 is 0 Å². The number of rotatable bonds is 0. The molecule has 0 saturated heterocycles. The molecule has 0 amide bonds. The highest BCUT2D eigenvalue weighted by molar-refractivity contribution is 6.58. The molecule has 0 unspecified atom stereocenters. The molecule has 0 spiro atoms. The van der Waals surface area contributed by atoms with E-state index in [0.29, 0.717) is 0 Å². The van der Waals surface area contributed by atoms with E-state index in [1.165, 1.54) is 12.6 Å². The third kappa shape index (κ3) is 7.04. The summed E-state index contributed by atoms with van der Waals surface area (Å²) in [5.41, 5.74) is 0. The minimum Gasteiger partial charge on any atom is -0.417 e. The normalized spacial score (nSPS) is 34.3. The first-order chi connectivity index (χ1) is 11.0. The van der Waals surface area contributed by atoms with Crippen LogP contribution in [-0.2, 0) is 0 Å². The summed E-state index contributed by atoms with van der Waals surface area (Å²) in [6.07, 6.45) is 11.5. The van der Waals surface area contributed by atoms with E-state index in [-0.39, 0.29) is 0 Å². The predicted molar refractivity (Wildman–Crippen MR) is 112 cm³/mol. The largest absolute Gasteiger partial charge is 0.417 e. The van der Waals surface area contributed by atoms with E-state index in [1.807, 2.05) is 0 Å². The van der Waals surface area contributed by atoms with Gasteiger partial charge >= 0.3 is 0 Å². The van der Waals surface area contributed by atoms with Crippen molar-refractivity contribution in [3.63, 3.8) is 0 Å². The first-order valence-corrected chi connectivity index (χ1v) is 10.2. The average molecular weight is 372 g/mol. The first kappa shape index (κ1) is 22.0. The smallest absolute Gasteiger partial charge is 0.261 e. The van der Waals surface area contributed by atoms with E-state index in [0.717, 1.165) is 43.0 Å². The summed E-state index contributed by atoms with van der Waals surface area (Å²) in [4.78, 5) is 2.40. The van der Waals surface area contributed by atoms with Gasteiger partial charge in [0.1, 0.15) is 4.33 Å². The fourth-order valence-corrected chi connectivity index (χ4v) is 3.90. The molecule has 138 valence electrons. The van der Waals surface area contributed by atoms with Crippen molar-refractivity contribution in [1.29, 1.82) is 0 Å². The average Bonchev–Trinajstić information content (AvgIpc) is 3.03. The van der Waals surface area contributed by atoms with Gasteiger partial charge in [-0.2, -0.15) is 0 Å². The van der Waals surface area contributed by atoms with Crippen molar-refractivity contribution in [3.8, 4) is 0 Å². The van der Waals surface area contributed by atoms with E-state index in [2.05, 4.69) is 63.9 Å².